The van der Waals surface area contributed by atoms with E-state index in [2.05, 4.69) is 34.2 Å². The van der Waals surface area contributed by atoms with Crippen LogP contribution in [-0.2, 0) is 20.1 Å². The maximum absolute atomic E-state index is 8.41. The summed E-state index contributed by atoms with van der Waals surface area (Å²) in [5.74, 6) is 2.55. The molecule has 4 nitrogen and oxygen atoms in total. The minimum atomic E-state index is -2.29. The molecule has 0 unspecified atom stereocenters. The molecule has 0 spiro atoms. The zero-order valence-corrected chi connectivity index (χ0v) is 30.2. The number of aromatic nitrogens is 2. The maximum Gasteiger partial charge on any atom is 0.241 e. The third kappa shape index (κ3) is 6.66. The van der Waals surface area contributed by atoms with Crippen LogP contribution >= 0.6 is 0 Å². The second-order valence-corrected chi connectivity index (χ2v) is 12.4. The molecule has 0 N–H and O–H groups in total. The molecule has 6 heteroatoms. The average molecular weight is 846 g/mol. The first kappa shape index (κ1) is 26.5. The van der Waals surface area contributed by atoms with Gasteiger partial charge in [-0.25, -0.2) is 0 Å². The number of rotatable bonds is 4. The largest absolute Gasteiger partial charge is 0.503 e. The Kier molecular flexibility index (Phi) is 7.55. The molecule has 2 aliphatic heterocycles. The van der Waals surface area contributed by atoms with Gasteiger partial charge in [0.05, 0.1) is 0 Å². The average Bonchev–Trinajstić information content (AvgIpc) is 3.20. The minimum Gasteiger partial charge on any atom is -0.503 e. The third-order valence-corrected chi connectivity index (χ3v) is 8.94. The topological polar surface area (TPSA) is 44.2 Å². The van der Waals surface area contributed by atoms with Crippen LogP contribution in [0.3, 0.4) is 0 Å². The van der Waals surface area contributed by atoms with E-state index in [4.69, 9.17) is 19.1 Å². The first-order valence-electron chi connectivity index (χ1n) is 19.8. The molecular weight excluding hydrogens is 804 g/mol. The molecule has 0 aliphatic carbocycles. The summed E-state index contributed by atoms with van der Waals surface area (Å²) in [6.45, 7) is -0.703. The van der Waals surface area contributed by atoms with Crippen molar-refractivity contribution in [2.75, 3.05) is 0 Å². The van der Waals surface area contributed by atoms with Crippen molar-refractivity contribution in [3.05, 3.63) is 163 Å². The van der Waals surface area contributed by atoms with Gasteiger partial charge in [-0.05, 0) is 70.6 Å². The first-order valence-corrected chi connectivity index (χ1v) is 16.3. The van der Waals surface area contributed by atoms with E-state index in [-0.39, 0.29) is 37.9 Å². The van der Waals surface area contributed by atoms with Gasteiger partial charge in [-0.2, -0.15) is 0 Å². The number of nitrogens with zero attached hydrogens (tertiary/aromatic N) is 2. The van der Waals surface area contributed by atoms with Crippen molar-refractivity contribution in [2.24, 2.45) is 0 Å². The summed E-state index contributed by atoms with van der Waals surface area (Å²) in [4.78, 5) is 8.86. The molecule has 0 saturated carbocycles. The van der Waals surface area contributed by atoms with Gasteiger partial charge in [0, 0.05) is 53.3 Å². The zero-order valence-electron chi connectivity index (χ0n) is 34.8. The molecule has 1 radical (unpaired) electrons. The summed E-state index contributed by atoms with van der Waals surface area (Å²) in [5.41, 5.74) is 8.58. The van der Waals surface area contributed by atoms with E-state index in [0.29, 0.717) is 16.8 Å². The van der Waals surface area contributed by atoms with Crippen molar-refractivity contribution in [1.29, 1.82) is 0 Å². The Hall–Kier alpha value is -5.29. The maximum atomic E-state index is 8.41. The van der Waals surface area contributed by atoms with Crippen LogP contribution in [0.15, 0.2) is 134 Å². The number of para-hydroxylation sites is 1. The minimum absolute atomic E-state index is 0. The molecule has 2 aromatic heterocycles. The molecule has 0 bridgehead atoms. The van der Waals surface area contributed by atoms with Crippen molar-refractivity contribution < 1.29 is 39.2 Å². The molecule has 0 saturated heterocycles. The van der Waals surface area contributed by atoms with E-state index in [9.17, 15) is 0 Å². The number of ether oxygens (including phenoxy) is 2. The van der Waals surface area contributed by atoms with E-state index in [0.717, 1.165) is 61.8 Å². The fraction of sp³-hybridized carbons (Fsp3) is 0.111. The Labute approximate surface area is 323 Å². The van der Waals surface area contributed by atoms with Crippen LogP contribution in [0, 0.1) is 25.8 Å². The van der Waals surface area contributed by atoms with E-state index in [1.165, 1.54) is 18.3 Å². The number of hydrogen-bond donors (Lipinski definition) is 0. The van der Waals surface area contributed by atoms with Crippen molar-refractivity contribution in [3.8, 4) is 56.6 Å². The summed E-state index contributed by atoms with van der Waals surface area (Å²) < 4.78 is 66.6. The predicted octanol–water partition coefficient (Wildman–Crippen LogP) is 9.23. The standard InChI is InChI=1S/C26H19BNO2.C19H16N.Ir/c1-16(2)17-13-14-28-21(15-17)18-7-5-9-20-26(18)30-24-12-6-11-23-25(24)27(20)19-8-3-4-10-22(19)29-23;1-14-8-10-17(11-9-14)19-12-18(15(2)13-20-19)16-6-4-3-5-7-16;/h3-6,8-16H,1-2H3;3-10,12-13H,1-2H3;/q2*-1;/i16D;1D3,2D3;. The number of fused-ring (bicyclic) bond motifs is 4. The van der Waals surface area contributed by atoms with E-state index >= 15 is 0 Å². The van der Waals surface area contributed by atoms with Gasteiger partial charge >= 0.3 is 0 Å². The Morgan fingerprint density at radius 2 is 1.55 bits per heavy atom. The predicted molar refractivity (Wildman–Crippen MR) is 204 cm³/mol. The van der Waals surface area contributed by atoms with Gasteiger partial charge in [0.2, 0.25) is 6.71 Å². The van der Waals surface area contributed by atoms with Gasteiger partial charge in [0.15, 0.2) is 0 Å². The molecule has 0 atom stereocenters. The van der Waals surface area contributed by atoms with Crippen molar-refractivity contribution >= 4 is 23.1 Å². The Balaban J connectivity index is 0.000000177. The van der Waals surface area contributed by atoms with Crippen LogP contribution in [-0.4, -0.2) is 16.7 Å². The number of aryl methyl sites for hydroxylation is 2. The summed E-state index contributed by atoms with van der Waals surface area (Å²) in [6.07, 6.45) is 3.11. The van der Waals surface area contributed by atoms with Crippen molar-refractivity contribution in [3.63, 3.8) is 0 Å². The molecule has 51 heavy (non-hydrogen) atoms. The second-order valence-electron chi connectivity index (χ2n) is 12.4. The van der Waals surface area contributed by atoms with Gasteiger partial charge in [-0.1, -0.05) is 98.6 Å². The van der Waals surface area contributed by atoms with Crippen molar-refractivity contribution in [1.82, 2.24) is 9.97 Å². The normalized spacial score (nSPS) is 14.5. The van der Waals surface area contributed by atoms with Crippen LogP contribution in [0.4, 0.5) is 0 Å². The summed E-state index contributed by atoms with van der Waals surface area (Å²) in [7, 11) is 0. The van der Waals surface area contributed by atoms with Gasteiger partial charge in [-0.15, -0.1) is 59.1 Å². The SMILES string of the molecule is [2H]C(C)(C)c1ccnc(-c2[c-]ccc3c2Oc2cccc4c2B3c2ccccc2O4)c1.[2H]C([2H])([2H])c1c[c-]c(-c2cc(-c3ccccc3)c(C([2H])([2H])[2H])cn2)cc1.[Ir]. The molecule has 2 aliphatic rings. The van der Waals surface area contributed by atoms with Crippen LogP contribution in [0.25, 0.3) is 33.6 Å². The van der Waals surface area contributed by atoms with E-state index in [1.807, 2.05) is 98.8 Å². The zero-order chi connectivity index (χ0) is 40.1. The van der Waals surface area contributed by atoms with Crippen LogP contribution in [0.1, 0.15) is 46.0 Å². The third-order valence-electron chi connectivity index (χ3n) is 8.94. The molecule has 251 valence electrons. The monoisotopic (exact) mass is 846 g/mol. The Bertz CT molecular complexity index is 2610. The molecule has 5 aromatic carbocycles. The summed E-state index contributed by atoms with van der Waals surface area (Å²) in [5, 5.41) is 0. The Morgan fingerprint density at radius 1 is 0.745 bits per heavy atom. The molecule has 9 rings (SSSR count). The van der Waals surface area contributed by atoms with Crippen molar-refractivity contribution in [2.45, 2.75) is 33.4 Å². The van der Waals surface area contributed by atoms with Crippen LogP contribution in [0.2, 0.25) is 0 Å². The second kappa shape index (κ2) is 14.5. The van der Waals surface area contributed by atoms with Gasteiger partial charge in [0.25, 0.3) is 0 Å². The number of benzene rings is 5. The van der Waals surface area contributed by atoms with Crippen LogP contribution < -0.4 is 25.9 Å². The molecule has 0 amide bonds. The van der Waals surface area contributed by atoms with E-state index < -0.39 is 19.6 Å². The first-order chi connectivity index (χ1) is 27.2. The quantitative estimate of drug-likeness (QED) is 0.131. The van der Waals surface area contributed by atoms with Gasteiger partial charge in [-0.3, -0.25) is 0 Å². The molecule has 4 heterocycles. The number of hydrogen-bond acceptors (Lipinski definition) is 4. The van der Waals surface area contributed by atoms with E-state index in [1.54, 1.807) is 18.3 Å². The molecule has 7 aromatic rings. The smallest absolute Gasteiger partial charge is 0.241 e. The summed E-state index contributed by atoms with van der Waals surface area (Å²) in [6, 6.07) is 43.8. The van der Waals surface area contributed by atoms with Gasteiger partial charge in [0.1, 0.15) is 17.2 Å². The molecular formula is C45H35BIrN2O2-2. The van der Waals surface area contributed by atoms with Gasteiger partial charge < -0.3 is 19.4 Å². The molecule has 0 fully saturated rings. The summed E-state index contributed by atoms with van der Waals surface area (Å²) >= 11 is 0. The number of pyridine rings is 2. The fourth-order valence-electron chi connectivity index (χ4n) is 6.45. The van der Waals surface area contributed by atoms with Crippen LogP contribution in [0.5, 0.6) is 23.0 Å². The Morgan fingerprint density at radius 3 is 2.33 bits per heavy atom. The fourth-order valence-corrected chi connectivity index (χ4v) is 6.45.